The molecule has 3 rings (SSSR count). The number of carbonyl (C=O) groups excluding carboxylic acids is 3. The molecule has 0 unspecified atom stereocenters. The number of unbranched alkanes of at least 4 members (excludes halogenated alkanes) is 2. The maximum absolute atomic E-state index is 13.5. The number of rotatable bonds is 8. The Hall–Kier alpha value is -2.38. The van der Waals surface area contributed by atoms with Crippen LogP contribution in [-0.2, 0) is 14.4 Å². The van der Waals surface area contributed by atoms with Gasteiger partial charge in [-0.05, 0) is 37.3 Å². The predicted octanol–water partition coefficient (Wildman–Crippen LogP) is 2.45. The minimum Gasteiger partial charge on any atom is -0.396 e. The van der Waals surface area contributed by atoms with E-state index in [1.54, 1.807) is 36.2 Å². The fourth-order valence-corrected chi connectivity index (χ4v) is 4.92. The Bertz CT molecular complexity index is 859. The van der Waals surface area contributed by atoms with E-state index in [2.05, 4.69) is 10.6 Å². The standard InChI is InChI=1S/C23H30ClN3O4/c1-14-10-11-15-19(18(14)21(29)25-2)23(31)27(12-6-3-7-13-28)20(15)22(30)26-17-9-5-4-8-16(17)24/h4-5,8-11,14-15,18-20,28H,3,6-7,12-13H2,1-2H3,(H,25,29)(H,26,30)/t14-,15+,18-,19+,20+/m1/s1. The van der Waals surface area contributed by atoms with E-state index in [9.17, 15) is 14.4 Å². The van der Waals surface area contributed by atoms with Gasteiger partial charge in [0.05, 0.1) is 22.5 Å². The number of anilines is 1. The molecule has 1 aromatic rings. The molecular formula is C23H30ClN3O4. The molecule has 0 radical (unpaired) electrons. The summed E-state index contributed by atoms with van der Waals surface area (Å²) in [5.74, 6) is -2.28. The highest BCUT2D eigenvalue weighted by Crippen LogP contribution is 2.44. The van der Waals surface area contributed by atoms with Crippen molar-refractivity contribution in [2.24, 2.45) is 23.7 Å². The molecule has 0 spiro atoms. The lowest BCUT2D eigenvalue weighted by Gasteiger charge is -2.32. The number of carbonyl (C=O) groups is 3. The van der Waals surface area contributed by atoms with Crippen molar-refractivity contribution < 1.29 is 19.5 Å². The fourth-order valence-electron chi connectivity index (χ4n) is 4.74. The van der Waals surface area contributed by atoms with Crippen LogP contribution >= 0.6 is 11.6 Å². The third-order valence-electron chi connectivity index (χ3n) is 6.28. The number of likely N-dealkylation sites (tertiary alicyclic amines) is 1. The number of benzene rings is 1. The number of hydrogen-bond acceptors (Lipinski definition) is 4. The van der Waals surface area contributed by atoms with Gasteiger partial charge in [0.2, 0.25) is 17.7 Å². The number of nitrogens with zero attached hydrogens (tertiary/aromatic N) is 1. The van der Waals surface area contributed by atoms with Gasteiger partial charge in [0.25, 0.3) is 0 Å². The molecule has 31 heavy (non-hydrogen) atoms. The second-order valence-corrected chi connectivity index (χ2v) is 8.62. The van der Waals surface area contributed by atoms with Crippen LogP contribution in [0.2, 0.25) is 5.02 Å². The molecule has 3 N–H and O–H groups in total. The van der Waals surface area contributed by atoms with Gasteiger partial charge in [-0.3, -0.25) is 14.4 Å². The van der Waals surface area contributed by atoms with E-state index >= 15 is 0 Å². The van der Waals surface area contributed by atoms with Crippen molar-refractivity contribution >= 4 is 35.0 Å². The van der Waals surface area contributed by atoms with Crippen LogP contribution in [0.1, 0.15) is 26.2 Å². The minimum atomic E-state index is -0.723. The zero-order chi connectivity index (χ0) is 22.5. The van der Waals surface area contributed by atoms with Crippen molar-refractivity contribution in [2.75, 3.05) is 25.5 Å². The summed E-state index contributed by atoms with van der Waals surface area (Å²) >= 11 is 6.21. The van der Waals surface area contributed by atoms with E-state index in [0.29, 0.717) is 30.1 Å². The Kier molecular flexibility index (Phi) is 7.73. The number of allylic oxidation sites excluding steroid dienone is 1. The van der Waals surface area contributed by atoms with Gasteiger partial charge in [0.15, 0.2) is 0 Å². The Labute approximate surface area is 187 Å². The first-order chi connectivity index (χ1) is 14.9. The van der Waals surface area contributed by atoms with E-state index < -0.39 is 23.8 Å². The number of fused-ring (bicyclic) bond motifs is 1. The van der Waals surface area contributed by atoms with E-state index in [1.165, 1.54) is 0 Å². The number of aliphatic hydroxyl groups excluding tert-OH is 1. The lowest BCUT2D eigenvalue weighted by molar-refractivity contribution is -0.140. The number of nitrogens with one attached hydrogen (secondary N) is 2. The van der Waals surface area contributed by atoms with Crippen LogP contribution in [0.15, 0.2) is 36.4 Å². The van der Waals surface area contributed by atoms with Gasteiger partial charge < -0.3 is 20.6 Å². The maximum atomic E-state index is 13.5. The average molecular weight is 448 g/mol. The largest absolute Gasteiger partial charge is 0.396 e. The molecule has 0 saturated carbocycles. The van der Waals surface area contributed by atoms with Gasteiger partial charge in [-0.1, -0.05) is 42.8 Å². The third kappa shape index (κ3) is 4.77. The Morgan fingerprint density at radius 3 is 2.55 bits per heavy atom. The first kappa shape index (κ1) is 23.3. The molecule has 8 heteroatoms. The zero-order valence-electron chi connectivity index (χ0n) is 17.9. The average Bonchev–Trinajstić information content (AvgIpc) is 3.04. The number of hydrogen-bond donors (Lipinski definition) is 3. The van der Waals surface area contributed by atoms with Crippen molar-refractivity contribution in [2.45, 2.75) is 32.2 Å². The van der Waals surface area contributed by atoms with Crippen molar-refractivity contribution in [3.63, 3.8) is 0 Å². The molecule has 1 aliphatic carbocycles. The number of amides is 3. The quantitative estimate of drug-likeness (QED) is 0.421. The lowest BCUT2D eigenvalue weighted by Crippen LogP contribution is -2.45. The molecule has 1 aliphatic heterocycles. The topological polar surface area (TPSA) is 98.7 Å². The van der Waals surface area contributed by atoms with Gasteiger partial charge in [-0.25, -0.2) is 0 Å². The van der Waals surface area contributed by atoms with Crippen LogP contribution in [0, 0.1) is 23.7 Å². The summed E-state index contributed by atoms with van der Waals surface area (Å²) in [7, 11) is 1.57. The molecule has 1 fully saturated rings. The van der Waals surface area contributed by atoms with Crippen LogP contribution in [0.25, 0.3) is 0 Å². The maximum Gasteiger partial charge on any atom is 0.247 e. The highest BCUT2D eigenvalue weighted by Gasteiger charge is 2.56. The smallest absolute Gasteiger partial charge is 0.247 e. The molecular weight excluding hydrogens is 418 g/mol. The molecule has 0 aromatic heterocycles. The van der Waals surface area contributed by atoms with Crippen molar-refractivity contribution in [3.8, 4) is 0 Å². The van der Waals surface area contributed by atoms with E-state index in [0.717, 1.165) is 6.42 Å². The molecule has 168 valence electrons. The van der Waals surface area contributed by atoms with Crippen molar-refractivity contribution in [1.82, 2.24) is 10.2 Å². The summed E-state index contributed by atoms with van der Waals surface area (Å²) in [5, 5.41) is 15.0. The van der Waals surface area contributed by atoms with E-state index in [-0.39, 0.29) is 30.2 Å². The molecule has 5 atom stereocenters. The second kappa shape index (κ2) is 10.3. The normalized spacial score (nSPS) is 27.2. The summed E-state index contributed by atoms with van der Waals surface area (Å²) in [6.45, 7) is 2.41. The van der Waals surface area contributed by atoms with Crippen LogP contribution in [-0.4, -0.2) is 54.0 Å². The van der Waals surface area contributed by atoms with E-state index in [1.807, 2.05) is 19.1 Å². The first-order valence-electron chi connectivity index (χ1n) is 10.8. The van der Waals surface area contributed by atoms with Gasteiger partial charge in [0, 0.05) is 26.1 Å². The summed E-state index contributed by atoms with van der Waals surface area (Å²) in [5.41, 5.74) is 0.487. The fraction of sp³-hybridized carbons (Fsp3) is 0.522. The number of aliphatic hydroxyl groups is 1. The third-order valence-corrected chi connectivity index (χ3v) is 6.61. The lowest BCUT2D eigenvalue weighted by atomic mass is 9.70. The van der Waals surface area contributed by atoms with Gasteiger partial charge in [0.1, 0.15) is 6.04 Å². The summed E-state index contributed by atoms with van der Waals surface area (Å²) in [4.78, 5) is 41.1. The van der Waals surface area contributed by atoms with Crippen LogP contribution in [0.4, 0.5) is 5.69 Å². The number of para-hydroxylation sites is 1. The van der Waals surface area contributed by atoms with Crippen LogP contribution < -0.4 is 10.6 Å². The van der Waals surface area contributed by atoms with Gasteiger partial charge >= 0.3 is 0 Å². The van der Waals surface area contributed by atoms with Crippen molar-refractivity contribution in [3.05, 3.63) is 41.4 Å². The molecule has 1 heterocycles. The summed E-state index contributed by atoms with van der Waals surface area (Å²) in [6.07, 6.45) is 5.91. The van der Waals surface area contributed by atoms with Crippen LogP contribution in [0.5, 0.6) is 0 Å². The minimum absolute atomic E-state index is 0.0919. The molecule has 1 saturated heterocycles. The predicted molar refractivity (Wildman–Crippen MR) is 119 cm³/mol. The monoisotopic (exact) mass is 447 g/mol. The SMILES string of the molecule is CNC(=O)[C@H]1[C@H]2C(=O)N(CCCCCO)[C@H](C(=O)Nc3ccccc3Cl)[C@H]2C=C[C@H]1C. The molecule has 3 amide bonds. The Morgan fingerprint density at radius 1 is 1.13 bits per heavy atom. The van der Waals surface area contributed by atoms with Crippen LogP contribution in [0.3, 0.4) is 0 Å². The summed E-state index contributed by atoms with van der Waals surface area (Å²) < 4.78 is 0. The van der Waals surface area contributed by atoms with Crippen molar-refractivity contribution in [1.29, 1.82) is 0 Å². The molecule has 1 aromatic carbocycles. The van der Waals surface area contributed by atoms with Gasteiger partial charge in [-0.2, -0.15) is 0 Å². The van der Waals surface area contributed by atoms with Gasteiger partial charge in [-0.15, -0.1) is 0 Å². The Morgan fingerprint density at radius 2 is 1.87 bits per heavy atom. The Balaban J connectivity index is 1.91. The highest BCUT2D eigenvalue weighted by molar-refractivity contribution is 6.33. The first-order valence-corrected chi connectivity index (χ1v) is 11.1. The number of halogens is 1. The molecule has 7 nitrogen and oxygen atoms in total. The molecule has 2 aliphatic rings. The summed E-state index contributed by atoms with van der Waals surface area (Å²) in [6, 6.07) is 6.24. The highest BCUT2D eigenvalue weighted by atomic mass is 35.5. The van der Waals surface area contributed by atoms with E-state index in [4.69, 9.17) is 16.7 Å². The zero-order valence-corrected chi connectivity index (χ0v) is 18.6. The molecule has 0 bridgehead atoms. The second-order valence-electron chi connectivity index (χ2n) is 8.22.